The summed E-state index contributed by atoms with van der Waals surface area (Å²) in [5.74, 6) is 3.31. The highest BCUT2D eigenvalue weighted by Crippen LogP contribution is 2.47. The minimum atomic E-state index is 0.611. The standard InChI is InChI=1S/2C40H26N2S.C39H23N3O2/c1-3-12-27(13-4-1)35-26-36(28-14-5-2-6-15-28)42-40(41-35)32-19-10-17-30(25-32)29-16-9-18-31(24-29)33-21-11-23-38-39(33)34-20-7-8-22-37(34)43-38;1-3-11-27(12-4-1)36-26-37(28-13-5-2-6-14-28)42-40(41-36)33-18-10-17-31(24-33)29-15-9-16-30(23-29)32-21-22-35-34-19-7-8-20-38(34)43-39(35)25-32;1-3-11-25(12-4-1)37-40-38(26-13-5-2-6-14-26)42-39(41-37)27-21-19-24(20-22-27)34-35-30(28-15-7-9-17-32(28)43-35)23-31-29-16-8-10-18-33(29)44-36(31)34/h2*1-26H;1-23H. The van der Waals surface area contributed by atoms with Gasteiger partial charge in [-0.05, 0) is 129 Å². The number of para-hydroxylation sites is 2. The maximum atomic E-state index is 6.49. The van der Waals surface area contributed by atoms with Crippen LogP contribution in [-0.4, -0.2) is 34.9 Å². The molecule has 0 aliphatic carbocycles. The molecule has 0 N–H and O–H groups in total. The van der Waals surface area contributed by atoms with E-state index in [9.17, 15) is 0 Å². The molecule has 18 aromatic carbocycles. The lowest BCUT2D eigenvalue weighted by Gasteiger charge is -2.11. The van der Waals surface area contributed by atoms with Gasteiger partial charge in [-0.3, -0.25) is 0 Å². The summed E-state index contributed by atoms with van der Waals surface area (Å²) in [5.41, 5.74) is 27.4. The lowest BCUT2D eigenvalue weighted by Crippen LogP contribution is -2.00. The Morgan fingerprint density at radius 3 is 0.908 bits per heavy atom. The van der Waals surface area contributed by atoms with Crippen molar-refractivity contribution in [2.75, 3.05) is 0 Å². The van der Waals surface area contributed by atoms with E-state index in [1.54, 1.807) is 0 Å². The molecular weight excluding hydrogens is 1620 g/mol. The number of fused-ring (bicyclic) bond motifs is 12. The maximum Gasteiger partial charge on any atom is 0.164 e. The van der Waals surface area contributed by atoms with Gasteiger partial charge in [0, 0.05) is 112 Å². The third-order valence-electron chi connectivity index (χ3n) is 23.9. The van der Waals surface area contributed by atoms with E-state index in [0.717, 1.165) is 139 Å². The second-order valence-electron chi connectivity index (χ2n) is 32.1. The number of thiophene rings is 2. The Kier molecular flexibility index (Phi) is 20.5. The predicted octanol–water partition coefficient (Wildman–Crippen LogP) is 32.7. The molecule has 0 atom stereocenters. The quantitative estimate of drug-likeness (QED) is 0.105. The van der Waals surface area contributed by atoms with Crippen molar-refractivity contribution in [1.82, 2.24) is 34.9 Å². The maximum absolute atomic E-state index is 6.49. The van der Waals surface area contributed by atoms with E-state index >= 15 is 0 Å². The molecule has 0 unspecified atom stereocenters. The summed E-state index contributed by atoms with van der Waals surface area (Å²) in [6, 6.07) is 158. The zero-order valence-corrected chi connectivity index (χ0v) is 71.7. The van der Waals surface area contributed by atoms with E-state index < -0.39 is 0 Å². The molecule has 0 aliphatic heterocycles. The molecule has 25 aromatic rings. The van der Waals surface area contributed by atoms with Crippen molar-refractivity contribution in [3.8, 4) is 158 Å². The minimum Gasteiger partial charge on any atom is -0.455 e. The summed E-state index contributed by atoms with van der Waals surface area (Å²) in [6.07, 6.45) is 0. The molecular formula is C119H75N7O2S2. The van der Waals surface area contributed by atoms with E-state index in [4.69, 9.17) is 43.7 Å². The second-order valence-corrected chi connectivity index (χ2v) is 34.3. The molecule has 7 aromatic heterocycles. The van der Waals surface area contributed by atoms with Crippen molar-refractivity contribution in [3.63, 3.8) is 0 Å². The third-order valence-corrected chi connectivity index (χ3v) is 26.2. The molecule has 7 heterocycles. The van der Waals surface area contributed by atoms with Crippen LogP contribution in [0.3, 0.4) is 0 Å². The number of nitrogens with zero attached hydrogens (tertiary/aromatic N) is 7. The van der Waals surface area contributed by atoms with Crippen LogP contribution in [0.15, 0.2) is 464 Å². The van der Waals surface area contributed by atoms with Crippen molar-refractivity contribution in [2.24, 2.45) is 0 Å². The van der Waals surface area contributed by atoms with Crippen LogP contribution in [-0.2, 0) is 0 Å². The molecule has 0 saturated carbocycles. The summed E-state index contributed by atoms with van der Waals surface area (Å²) in [5, 5.41) is 9.59. The highest BCUT2D eigenvalue weighted by Gasteiger charge is 2.24. The predicted molar refractivity (Wildman–Crippen MR) is 540 cm³/mol. The largest absolute Gasteiger partial charge is 0.455 e. The van der Waals surface area contributed by atoms with Crippen LogP contribution in [0.4, 0.5) is 0 Å². The van der Waals surface area contributed by atoms with Gasteiger partial charge in [0.05, 0.1) is 28.3 Å². The Hall–Kier alpha value is -16.8. The smallest absolute Gasteiger partial charge is 0.164 e. The van der Waals surface area contributed by atoms with Gasteiger partial charge in [0.2, 0.25) is 0 Å². The molecule has 0 fully saturated rings. The molecule has 0 saturated heterocycles. The van der Waals surface area contributed by atoms with Gasteiger partial charge in [-0.25, -0.2) is 34.9 Å². The van der Waals surface area contributed by atoms with Gasteiger partial charge in [-0.15, -0.1) is 22.7 Å². The Labute approximate surface area is 757 Å². The molecule has 9 nitrogen and oxygen atoms in total. The zero-order valence-electron chi connectivity index (χ0n) is 70.1. The minimum absolute atomic E-state index is 0.611. The normalized spacial score (nSPS) is 11.4. The Balaban J connectivity index is 0.000000111. The number of furan rings is 2. The van der Waals surface area contributed by atoms with Gasteiger partial charge in [0.25, 0.3) is 0 Å². The van der Waals surface area contributed by atoms with E-state index in [1.807, 2.05) is 193 Å². The SMILES string of the molecule is c1ccc(-c2cc(-c3ccccc3)nc(-c3cccc(-c4cccc(-c5ccc6c(c5)sc5ccccc56)c4)c3)n2)cc1.c1ccc(-c2cc(-c3ccccc3)nc(-c3cccc(-c4cccc(-c5cccc6sc7ccccc7c56)c4)c3)n2)cc1.c1ccc(-c2nc(-c3ccccc3)nc(-c3ccc(-c4c5oc6ccccc6c5cc5c4oc4ccccc45)cc3)n2)cc1. The molecule has 0 aliphatic rings. The van der Waals surface area contributed by atoms with Crippen LogP contribution < -0.4 is 0 Å². The molecule has 11 heteroatoms. The Morgan fingerprint density at radius 1 is 0.162 bits per heavy atom. The first kappa shape index (κ1) is 77.9. The molecule has 0 bridgehead atoms. The molecule has 130 heavy (non-hydrogen) atoms. The van der Waals surface area contributed by atoms with Crippen LogP contribution in [0.5, 0.6) is 0 Å². The number of rotatable bonds is 14. The van der Waals surface area contributed by atoms with Gasteiger partial charge in [0.15, 0.2) is 29.1 Å². The molecule has 0 spiro atoms. The fourth-order valence-corrected chi connectivity index (χ4v) is 19.8. The van der Waals surface area contributed by atoms with Crippen molar-refractivity contribution >= 4 is 107 Å². The van der Waals surface area contributed by atoms with Crippen LogP contribution in [0.1, 0.15) is 0 Å². The average molecular weight is 1700 g/mol. The van der Waals surface area contributed by atoms with E-state index in [-0.39, 0.29) is 0 Å². The van der Waals surface area contributed by atoms with Gasteiger partial charge in [-0.2, -0.15) is 0 Å². The molecule has 25 rings (SSSR count). The van der Waals surface area contributed by atoms with Gasteiger partial charge in [-0.1, -0.05) is 376 Å². The van der Waals surface area contributed by atoms with Gasteiger partial charge in [0.1, 0.15) is 22.3 Å². The average Bonchev–Trinajstić information content (AvgIpc) is 1.57. The Morgan fingerprint density at radius 2 is 0.454 bits per heavy atom. The number of hydrogen-bond donors (Lipinski definition) is 0. The Bertz CT molecular complexity index is 8270. The third kappa shape index (κ3) is 15.4. The van der Waals surface area contributed by atoms with Crippen LogP contribution in [0.25, 0.3) is 242 Å². The lowest BCUT2D eigenvalue weighted by atomic mass is 9.95. The number of benzene rings is 18. The van der Waals surface area contributed by atoms with E-state index in [2.05, 4.69) is 285 Å². The highest BCUT2D eigenvalue weighted by molar-refractivity contribution is 7.26. The molecule has 0 radical (unpaired) electrons. The summed E-state index contributed by atoms with van der Waals surface area (Å²) in [6.45, 7) is 0. The van der Waals surface area contributed by atoms with E-state index in [1.165, 1.54) is 73.7 Å². The first-order valence-corrected chi connectivity index (χ1v) is 45.0. The summed E-state index contributed by atoms with van der Waals surface area (Å²) < 4.78 is 18.3. The fraction of sp³-hybridized carbons (Fsp3) is 0. The lowest BCUT2D eigenvalue weighted by molar-refractivity contribution is 0.658. The van der Waals surface area contributed by atoms with Crippen molar-refractivity contribution < 1.29 is 8.83 Å². The van der Waals surface area contributed by atoms with Gasteiger partial charge < -0.3 is 8.83 Å². The molecule has 0 amide bonds. The van der Waals surface area contributed by atoms with Crippen molar-refractivity contribution in [3.05, 3.63) is 455 Å². The summed E-state index contributed by atoms with van der Waals surface area (Å²) in [7, 11) is 0. The fourth-order valence-electron chi connectivity index (χ4n) is 17.5. The van der Waals surface area contributed by atoms with E-state index in [0.29, 0.717) is 29.1 Å². The topological polar surface area (TPSA) is 117 Å². The number of aromatic nitrogens is 7. The summed E-state index contributed by atoms with van der Waals surface area (Å²) in [4.78, 5) is 34.8. The van der Waals surface area contributed by atoms with Crippen LogP contribution in [0, 0.1) is 0 Å². The first-order chi connectivity index (χ1) is 64.4. The highest BCUT2D eigenvalue weighted by atomic mass is 32.1. The van der Waals surface area contributed by atoms with Gasteiger partial charge >= 0.3 is 0 Å². The second kappa shape index (κ2) is 34.3. The van der Waals surface area contributed by atoms with Crippen LogP contribution >= 0.6 is 22.7 Å². The zero-order chi connectivity index (χ0) is 86.2. The molecule has 610 valence electrons. The van der Waals surface area contributed by atoms with Crippen LogP contribution in [0.2, 0.25) is 0 Å². The summed E-state index contributed by atoms with van der Waals surface area (Å²) >= 11 is 3.71. The number of hydrogen-bond acceptors (Lipinski definition) is 11. The monoisotopic (exact) mass is 1700 g/mol. The van der Waals surface area contributed by atoms with Crippen molar-refractivity contribution in [1.29, 1.82) is 0 Å². The first-order valence-electron chi connectivity index (χ1n) is 43.4. The van der Waals surface area contributed by atoms with Crippen molar-refractivity contribution in [2.45, 2.75) is 0 Å².